The molecule has 2 fully saturated rings. The first-order chi connectivity index (χ1) is 11.6. The molecule has 2 aliphatic heterocycles. The molecule has 2 saturated heterocycles. The van der Waals surface area contributed by atoms with Gasteiger partial charge in [-0.25, -0.2) is 9.78 Å². The van der Waals surface area contributed by atoms with Gasteiger partial charge in [0.1, 0.15) is 5.65 Å². The van der Waals surface area contributed by atoms with Crippen LogP contribution < -0.4 is 11.2 Å². The number of amides is 1. The number of piperidine rings is 1. The SMILES string of the molecule is O=C(c1cnc2[nH]c(=O)[nH]c(=O)c2c1)N1CCN2CCCC[C@@H]2C1. The Bertz CT molecular complexity index is 902. The van der Waals surface area contributed by atoms with E-state index in [1.54, 1.807) is 0 Å². The van der Waals surface area contributed by atoms with E-state index >= 15 is 0 Å². The molecule has 1 amide bonds. The standard InChI is InChI=1S/C16H19N5O3/c22-14-12-7-10(8-17-13(12)18-16(24)19-14)15(23)21-6-5-20-4-2-1-3-11(20)9-21/h7-8,11H,1-6,9H2,(H2,17,18,19,22,24)/t11-/m1/s1. The number of H-pyrrole nitrogens is 2. The molecule has 4 rings (SSSR count). The van der Waals surface area contributed by atoms with Gasteiger partial charge in [0.05, 0.1) is 10.9 Å². The maximum Gasteiger partial charge on any atom is 0.327 e. The van der Waals surface area contributed by atoms with Crippen molar-refractivity contribution in [2.45, 2.75) is 25.3 Å². The topological polar surface area (TPSA) is 102 Å². The zero-order valence-corrected chi connectivity index (χ0v) is 13.2. The normalized spacial score (nSPS) is 21.7. The van der Waals surface area contributed by atoms with Crippen molar-refractivity contribution in [1.82, 2.24) is 24.8 Å². The van der Waals surface area contributed by atoms with Gasteiger partial charge in [0.15, 0.2) is 0 Å². The predicted octanol–water partition coefficient (Wildman–Crippen LogP) is -0.0783. The first-order valence-electron chi connectivity index (χ1n) is 8.27. The average Bonchev–Trinajstić information content (AvgIpc) is 2.60. The Morgan fingerprint density at radius 2 is 2.04 bits per heavy atom. The number of nitrogens with zero attached hydrogens (tertiary/aromatic N) is 3. The first-order valence-corrected chi connectivity index (χ1v) is 8.27. The van der Waals surface area contributed by atoms with Gasteiger partial charge in [-0.1, -0.05) is 6.42 Å². The molecule has 4 heterocycles. The molecule has 2 aliphatic rings. The van der Waals surface area contributed by atoms with Crippen LogP contribution in [0.1, 0.15) is 29.6 Å². The van der Waals surface area contributed by atoms with E-state index in [9.17, 15) is 14.4 Å². The Morgan fingerprint density at radius 1 is 1.17 bits per heavy atom. The number of nitrogens with one attached hydrogen (secondary N) is 2. The smallest absolute Gasteiger partial charge is 0.327 e. The molecule has 0 bridgehead atoms. The van der Waals surface area contributed by atoms with Crippen molar-refractivity contribution < 1.29 is 4.79 Å². The lowest BCUT2D eigenvalue weighted by Gasteiger charge is -2.44. The van der Waals surface area contributed by atoms with E-state index in [0.717, 1.165) is 26.1 Å². The maximum atomic E-state index is 12.8. The number of hydrogen-bond donors (Lipinski definition) is 2. The van der Waals surface area contributed by atoms with Gasteiger partial charge >= 0.3 is 5.69 Å². The van der Waals surface area contributed by atoms with E-state index in [4.69, 9.17) is 0 Å². The fraction of sp³-hybridized carbons (Fsp3) is 0.500. The van der Waals surface area contributed by atoms with Crippen LogP contribution in [0.25, 0.3) is 11.0 Å². The van der Waals surface area contributed by atoms with Crippen LogP contribution in [-0.2, 0) is 0 Å². The van der Waals surface area contributed by atoms with Crippen molar-refractivity contribution in [1.29, 1.82) is 0 Å². The van der Waals surface area contributed by atoms with Gasteiger partial charge in [0.25, 0.3) is 11.5 Å². The van der Waals surface area contributed by atoms with Crippen LogP contribution in [0.15, 0.2) is 21.9 Å². The maximum absolute atomic E-state index is 12.8. The van der Waals surface area contributed by atoms with Crippen LogP contribution >= 0.6 is 0 Å². The third-order valence-corrected chi connectivity index (χ3v) is 4.96. The van der Waals surface area contributed by atoms with Gasteiger partial charge in [0, 0.05) is 31.9 Å². The highest BCUT2D eigenvalue weighted by Crippen LogP contribution is 2.22. The largest absolute Gasteiger partial charge is 0.336 e. The van der Waals surface area contributed by atoms with Gasteiger partial charge in [-0.15, -0.1) is 0 Å². The molecule has 0 radical (unpaired) electrons. The second-order valence-corrected chi connectivity index (χ2v) is 6.47. The number of carbonyl (C=O) groups excluding carboxylic acids is 1. The number of aromatic nitrogens is 3. The molecule has 8 heteroatoms. The lowest BCUT2D eigenvalue weighted by Crippen LogP contribution is -2.56. The third kappa shape index (κ3) is 2.62. The summed E-state index contributed by atoms with van der Waals surface area (Å²) in [5.74, 6) is -0.111. The van der Waals surface area contributed by atoms with E-state index in [0.29, 0.717) is 18.2 Å². The molecule has 0 aromatic carbocycles. The highest BCUT2D eigenvalue weighted by atomic mass is 16.2. The van der Waals surface area contributed by atoms with Crippen LogP contribution in [0.5, 0.6) is 0 Å². The van der Waals surface area contributed by atoms with Gasteiger partial charge < -0.3 is 4.90 Å². The van der Waals surface area contributed by atoms with Gasteiger partial charge in [-0.3, -0.25) is 24.5 Å². The van der Waals surface area contributed by atoms with Crippen molar-refractivity contribution in [3.05, 3.63) is 38.7 Å². The summed E-state index contributed by atoms with van der Waals surface area (Å²) >= 11 is 0. The van der Waals surface area contributed by atoms with Crippen LogP contribution in [0.2, 0.25) is 0 Å². The lowest BCUT2D eigenvalue weighted by molar-refractivity contribution is 0.0372. The molecule has 2 N–H and O–H groups in total. The Morgan fingerprint density at radius 3 is 2.92 bits per heavy atom. The number of rotatable bonds is 1. The summed E-state index contributed by atoms with van der Waals surface area (Å²) in [6.45, 7) is 3.42. The molecule has 0 spiro atoms. The minimum absolute atomic E-state index is 0.111. The zero-order chi connectivity index (χ0) is 16.7. The van der Waals surface area contributed by atoms with Gasteiger partial charge in [-0.05, 0) is 25.5 Å². The number of hydrogen-bond acceptors (Lipinski definition) is 5. The van der Waals surface area contributed by atoms with E-state index in [1.807, 2.05) is 4.90 Å². The van der Waals surface area contributed by atoms with Crippen LogP contribution in [0, 0.1) is 0 Å². The van der Waals surface area contributed by atoms with E-state index in [2.05, 4.69) is 19.9 Å². The lowest BCUT2D eigenvalue weighted by atomic mass is 9.99. The zero-order valence-electron chi connectivity index (χ0n) is 13.2. The number of aromatic amines is 2. The Kier molecular flexibility index (Phi) is 3.68. The molecular weight excluding hydrogens is 310 g/mol. The fourth-order valence-corrected chi connectivity index (χ4v) is 3.69. The average molecular weight is 329 g/mol. The molecule has 24 heavy (non-hydrogen) atoms. The first kappa shape index (κ1) is 15.1. The van der Waals surface area contributed by atoms with E-state index in [1.165, 1.54) is 25.1 Å². The predicted molar refractivity (Wildman–Crippen MR) is 88.1 cm³/mol. The Hall–Kier alpha value is -2.48. The Balaban J connectivity index is 1.61. The summed E-state index contributed by atoms with van der Waals surface area (Å²) in [6, 6.07) is 1.94. The molecule has 0 unspecified atom stereocenters. The number of piperazine rings is 1. The summed E-state index contributed by atoms with van der Waals surface area (Å²) in [6.07, 6.45) is 5.00. The van der Waals surface area contributed by atoms with Crippen molar-refractivity contribution >= 4 is 16.9 Å². The highest BCUT2D eigenvalue weighted by molar-refractivity contribution is 5.96. The minimum Gasteiger partial charge on any atom is -0.336 e. The second kappa shape index (κ2) is 5.86. The van der Waals surface area contributed by atoms with Crippen molar-refractivity contribution in [3.8, 4) is 0 Å². The highest BCUT2D eigenvalue weighted by Gasteiger charge is 2.31. The molecule has 0 aliphatic carbocycles. The summed E-state index contributed by atoms with van der Waals surface area (Å²) in [5.41, 5.74) is -0.567. The number of carbonyl (C=O) groups is 1. The monoisotopic (exact) mass is 329 g/mol. The van der Waals surface area contributed by atoms with Gasteiger partial charge in [-0.2, -0.15) is 0 Å². The Labute approximate surface area is 137 Å². The van der Waals surface area contributed by atoms with Gasteiger partial charge in [0.2, 0.25) is 0 Å². The quantitative estimate of drug-likeness (QED) is 0.762. The molecule has 1 atom stereocenters. The fourth-order valence-electron chi connectivity index (χ4n) is 3.69. The number of fused-ring (bicyclic) bond motifs is 2. The summed E-state index contributed by atoms with van der Waals surface area (Å²) < 4.78 is 0. The van der Waals surface area contributed by atoms with Crippen LogP contribution in [-0.4, -0.2) is 62.9 Å². The summed E-state index contributed by atoms with van der Waals surface area (Å²) in [7, 11) is 0. The third-order valence-electron chi connectivity index (χ3n) is 4.96. The molecule has 2 aromatic rings. The van der Waals surface area contributed by atoms with E-state index in [-0.39, 0.29) is 16.9 Å². The molecule has 126 valence electrons. The summed E-state index contributed by atoms with van der Waals surface area (Å²) in [4.78, 5) is 48.9. The van der Waals surface area contributed by atoms with Crippen molar-refractivity contribution in [2.24, 2.45) is 0 Å². The van der Waals surface area contributed by atoms with Crippen molar-refractivity contribution in [2.75, 3.05) is 26.2 Å². The van der Waals surface area contributed by atoms with E-state index < -0.39 is 11.2 Å². The molecular formula is C16H19N5O3. The molecule has 8 nitrogen and oxygen atoms in total. The molecule has 0 saturated carbocycles. The second-order valence-electron chi connectivity index (χ2n) is 6.47. The molecule has 2 aromatic heterocycles. The van der Waals surface area contributed by atoms with Crippen LogP contribution in [0.4, 0.5) is 0 Å². The van der Waals surface area contributed by atoms with Crippen molar-refractivity contribution in [3.63, 3.8) is 0 Å². The number of pyridine rings is 1. The minimum atomic E-state index is -0.604. The van der Waals surface area contributed by atoms with Crippen LogP contribution in [0.3, 0.4) is 0 Å². The summed E-state index contributed by atoms with van der Waals surface area (Å²) in [5, 5.41) is 0.219.